The fraction of sp³-hybridized carbons (Fsp3) is 0.588. The Labute approximate surface area is 127 Å². The Bertz CT molecular complexity index is 507. The van der Waals surface area contributed by atoms with E-state index in [9.17, 15) is 5.11 Å². The van der Waals surface area contributed by atoms with Crippen LogP contribution in [0.2, 0.25) is 0 Å². The lowest BCUT2D eigenvalue weighted by Crippen LogP contribution is -2.50. The molecule has 21 heavy (non-hydrogen) atoms. The Morgan fingerprint density at radius 1 is 1.29 bits per heavy atom. The molecule has 2 rings (SSSR count). The second kappa shape index (κ2) is 6.94. The molecule has 116 valence electrons. The zero-order chi connectivity index (χ0) is 15.3. The van der Waals surface area contributed by atoms with Crippen LogP contribution in [0.3, 0.4) is 0 Å². The van der Waals surface area contributed by atoms with Crippen molar-refractivity contribution < 1.29 is 5.11 Å². The number of aryl methyl sites for hydroxylation is 2. The van der Waals surface area contributed by atoms with Crippen LogP contribution in [0.4, 0.5) is 0 Å². The summed E-state index contributed by atoms with van der Waals surface area (Å²) in [7, 11) is 0. The minimum atomic E-state index is -0.532. The van der Waals surface area contributed by atoms with Gasteiger partial charge in [0.1, 0.15) is 0 Å². The van der Waals surface area contributed by atoms with Gasteiger partial charge in [-0.25, -0.2) is 4.99 Å². The summed E-state index contributed by atoms with van der Waals surface area (Å²) in [6.45, 7) is 8.31. The molecule has 4 heteroatoms. The predicted octanol–water partition coefficient (Wildman–Crippen LogP) is 2.27. The van der Waals surface area contributed by atoms with E-state index in [1.165, 1.54) is 16.7 Å². The maximum Gasteiger partial charge on any atom is 0.191 e. The number of hydrogen-bond acceptors (Lipinski definition) is 2. The number of aliphatic imine (C=N–C) groups is 1. The lowest BCUT2D eigenvalue weighted by molar-refractivity contribution is -0.0279. The number of aliphatic hydroxyl groups is 1. The summed E-state index contributed by atoms with van der Waals surface area (Å²) in [6.07, 6.45) is 2.89. The van der Waals surface area contributed by atoms with E-state index in [1.807, 2.05) is 6.92 Å². The third kappa shape index (κ3) is 4.46. The molecule has 0 heterocycles. The molecule has 0 atom stereocenters. The Morgan fingerprint density at radius 3 is 2.62 bits per heavy atom. The van der Waals surface area contributed by atoms with Crippen LogP contribution in [0.5, 0.6) is 0 Å². The summed E-state index contributed by atoms with van der Waals surface area (Å²) in [6, 6.07) is 6.44. The van der Waals surface area contributed by atoms with Gasteiger partial charge in [-0.1, -0.05) is 23.8 Å². The van der Waals surface area contributed by atoms with Gasteiger partial charge in [-0.3, -0.25) is 0 Å². The number of hydrogen-bond donors (Lipinski definition) is 3. The summed E-state index contributed by atoms with van der Waals surface area (Å²) < 4.78 is 0. The third-order valence-corrected chi connectivity index (χ3v) is 4.12. The number of benzene rings is 1. The SMILES string of the molecule is CCNC(=NCc1ccc(C)cc1C)NCC1(O)CCC1. The first kappa shape index (κ1) is 15.8. The van der Waals surface area contributed by atoms with Gasteiger partial charge < -0.3 is 15.7 Å². The molecule has 0 bridgehead atoms. The van der Waals surface area contributed by atoms with Crippen molar-refractivity contribution in [3.8, 4) is 0 Å². The first-order valence-electron chi connectivity index (χ1n) is 7.83. The van der Waals surface area contributed by atoms with Crippen molar-refractivity contribution in [1.29, 1.82) is 0 Å². The van der Waals surface area contributed by atoms with Gasteiger partial charge in [0.15, 0.2) is 5.96 Å². The quantitative estimate of drug-likeness (QED) is 0.576. The van der Waals surface area contributed by atoms with Crippen molar-refractivity contribution in [3.63, 3.8) is 0 Å². The molecular formula is C17H27N3O. The summed E-state index contributed by atoms with van der Waals surface area (Å²) in [5, 5.41) is 16.6. The van der Waals surface area contributed by atoms with Gasteiger partial charge in [-0.2, -0.15) is 0 Å². The highest BCUT2D eigenvalue weighted by atomic mass is 16.3. The summed E-state index contributed by atoms with van der Waals surface area (Å²) in [5.41, 5.74) is 3.25. The molecule has 3 N–H and O–H groups in total. The van der Waals surface area contributed by atoms with Crippen LogP contribution < -0.4 is 10.6 Å². The minimum absolute atomic E-state index is 0.532. The molecular weight excluding hydrogens is 262 g/mol. The molecule has 0 aromatic heterocycles. The largest absolute Gasteiger partial charge is 0.388 e. The van der Waals surface area contributed by atoms with Crippen molar-refractivity contribution in [1.82, 2.24) is 10.6 Å². The average molecular weight is 289 g/mol. The molecule has 1 saturated carbocycles. The molecule has 0 saturated heterocycles. The lowest BCUT2D eigenvalue weighted by Gasteiger charge is -2.37. The Balaban J connectivity index is 1.96. The van der Waals surface area contributed by atoms with E-state index in [4.69, 9.17) is 0 Å². The lowest BCUT2D eigenvalue weighted by atomic mass is 9.80. The zero-order valence-electron chi connectivity index (χ0n) is 13.4. The maximum atomic E-state index is 10.1. The third-order valence-electron chi connectivity index (χ3n) is 4.12. The molecule has 1 aliphatic rings. The van der Waals surface area contributed by atoms with Crippen molar-refractivity contribution in [3.05, 3.63) is 34.9 Å². The molecule has 1 aliphatic carbocycles. The van der Waals surface area contributed by atoms with Crippen molar-refractivity contribution in [2.24, 2.45) is 4.99 Å². The maximum absolute atomic E-state index is 10.1. The molecule has 0 amide bonds. The normalized spacial score (nSPS) is 17.2. The van der Waals surface area contributed by atoms with Gasteiger partial charge in [0.05, 0.1) is 12.1 Å². The van der Waals surface area contributed by atoms with Crippen LogP contribution in [-0.4, -0.2) is 29.8 Å². The van der Waals surface area contributed by atoms with Crippen molar-refractivity contribution >= 4 is 5.96 Å². The fourth-order valence-electron chi connectivity index (χ4n) is 2.54. The predicted molar refractivity (Wildman–Crippen MR) is 87.5 cm³/mol. The smallest absolute Gasteiger partial charge is 0.191 e. The van der Waals surface area contributed by atoms with E-state index in [-0.39, 0.29) is 0 Å². The Kier molecular flexibility index (Phi) is 5.23. The van der Waals surface area contributed by atoms with Crippen LogP contribution in [0.15, 0.2) is 23.2 Å². The monoisotopic (exact) mass is 289 g/mol. The fourth-order valence-corrected chi connectivity index (χ4v) is 2.54. The van der Waals surface area contributed by atoms with Gasteiger partial charge in [0.2, 0.25) is 0 Å². The van der Waals surface area contributed by atoms with Gasteiger partial charge in [-0.05, 0) is 51.2 Å². The van der Waals surface area contributed by atoms with Crippen LogP contribution in [-0.2, 0) is 6.54 Å². The minimum Gasteiger partial charge on any atom is -0.388 e. The van der Waals surface area contributed by atoms with Crippen molar-refractivity contribution in [2.75, 3.05) is 13.1 Å². The van der Waals surface area contributed by atoms with E-state index >= 15 is 0 Å². The number of rotatable bonds is 5. The standard InChI is InChI=1S/C17H27N3O/c1-4-18-16(20-12-17(21)8-5-9-17)19-11-15-7-6-13(2)10-14(15)3/h6-7,10,21H,4-5,8-9,11-12H2,1-3H3,(H2,18,19,20). The molecule has 0 radical (unpaired) electrons. The highest BCUT2D eigenvalue weighted by Crippen LogP contribution is 2.30. The van der Waals surface area contributed by atoms with E-state index in [1.54, 1.807) is 0 Å². The molecule has 1 aromatic carbocycles. The van der Waals surface area contributed by atoms with E-state index in [0.717, 1.165) is 31.8 Å². The molecule has 4 nitrogen and oxygen atoms in total. The van der Waals surface area contributed by atoms with E-state index in [0.29, 0.717) is 13.1 Å². The highest BCUT2D eigenvalue weighted by Gasteiger charge is 2.34. The Morgan fingerprint density at radius 2 is 2.05 bits per heavy atom. The average Bonchev–Trinajstić information content (AvgIpc) is 2.41. The van der Waals surface area contributed by atoms with Gasteiger partial charge in [0, 0.05) is 13.1 Å². The second-order valence-corrected chi connectivity index (χ2v) is 6.06. The summed E-state index contributed by atoms with van der Waals surface area (Å²) >= 11 is 0. The summed E-state index contributed by atoms with van der Waals surface area (Å²) in [4.78, 5) is 4.62. The van der Waals surface area contributed by atoms with Crippen LogP contribution in [0, 0.1) is 13.8 Å². The van der Waals surface area contributed by atoms with Crippen LogP contribution in [0.25, 0.3) is 0 Å². The van der Waals surface area contributed by atoms with Gasteiger partial charge in [0.25, 0.3) is 0 Å². The van der Waals surface area contributed by atoms with E-state index < -0.39 is 5.60 Å². The Hall–Kier alpha value is -1.55. The second-order valence-electron chi connectivity index (χ2n) is 6.06. The molecule has 1 aromatic rings. The van der Waals surface area contributed by atoms with E-state index in [2.05, 4.69) is 47.7 Å². The van der Waals surface area contributed by atoms with Gasteiger partial charge >= 0.3 is 0 Å². The molecule has 0 aliphatic heterocycles. The summed E-state index contributed by atoms with van der Waals surface area (Å²) in [5.74, 6) is 0.776. The number of nitrogens with zero attached hydrogens (tertiary/aromatic N) is 1. The first-order valence-corrected chi connectivity index (χ1v) is 7.83. The molecule has 1 fully saturated rings. The topological polar surface area (TPSA) is 56.7 Å². The van der Waals surface area contributed by atoms with Gasteiger partial charge in [-0.15, -0.1) is 0 Å². The first-order chi connectivity index (χ1) is 10.0. The molecule has 0 spiro atoms. The number of nitrogens with one attached hydrogen (secondary N) is 2. The van der Waals surface area contributed by atoms with Crippen molar-refractivity contribution in [2.45, 2.75) is 52.2 Å². The van der Waals surface area contributed by atoms with Crippen LogP contribution in [0.1, 0.15) is 42.9 Å². The van der Waals surface area contributed by atoms with Crippen LogP contribution >= 0.6 is 0 Å². The number of guanidine groups is 1. The molecule has 0 unspecified atom stereocenters. The highest BCUT2D eigenvalue weighted by molar-refractivity contribution is 5.79. The zero-order valence-corrected chi connectivity index (χ0v) is 13.4.